The predicted molar refractivity (Wildman–Crippen MR) is 44.7 cm³/mol. The van der Waals surface area contributed by atoms with Crippen LogP contribution in [0, 0.1) is 6.92 Å². The van der Waals surface area contributed by atoms with Crippen molar-refractivity contribution in [1.29, 1.82) is 0 Å². The summed E-state index contributed by atoms with van der Waals surface area (Å²) in [5.41, 5.74) is 5.50. The maximum Gasteiger partial charge on any atom is 0.175 e. The molecule has 6 heteroatoms. The molecule has 1 rings (SSSR count). The Labute approximate surface area is 75.6 Å². The molecule has 1 aromatic heterocycles. The highest BCUT2D eigenvalue weighted by atomic mass is 16.1. The van der Waals surface area contributed by atoms with E-state index >= 15 is 0 Å². The van der Waals surface area contributed by atoms with Crippen LogP contribution in [0.25, 0.3) is 0 Å². The summed E-state index contributed by atoms with van der Waals surface area (Å²) in [6, 6.07) is -0.564. The third-order valence-electron chi connectivity index (χ3n) is 1.54. The summed E-state index contributed by atoms with van der Waals surface area (Å²) in [5.74, 6) is 0.803. The molecule has 0 aliphatic carbocycles. The minimum absolute atomic E-state index is 0.0934. The van der Waals surface area contributed by atoms with E-state index in [0.717, 1.165) is 0 Å². The largest absolute Gasteiger partial charge is 0.321 e. The number of aryl methyl sites for hydroxylation is 1. The molecule has 1 aromatic rings. The number of carbonyl (C=O) groups excluding carboxylic acids is 1. The Morgan fingerprint density at radius 1 is 1.38 bits per heavy atom. The molecule has 2 N–H and O–H groups in total. The SMILES string of the molecule is CC(=O)C(N)Cc1nnc(C)nn1. The summed E-state index contributed by atoms with van der Waals surface area (Å²) in [4.78, 5) is 10.8. The maximum absolute atomic E-state index is 10.8. The van der Waals surface area contributed by atoms with Crippen molar-refractivity contribution in [3.05, 3.63) is 11.6 Å². The maximum atomic E-state index is 10.8. The van der Waals surface area contributed by atoms with Crippen molar-refractivity contribution in [3.8, 4) is 0 Å². The van der Waals surface area contributed by atoms with E-state index < -0.39 is 6.04 Å². The first-order valence-corrected chi connectivity index (χ1v) is 3.88. The zero-order valence-corrected chi connectivity index (χ0v) is 7.56. The molecule has 0 radical (unpaired) electrons. The molecule has 0 aliphatic rings. The summed E-state index contributed by atoms with van der Waals surface area (Å²) in [7, 11) is 0. The fraction of sp³-hybridized carbons (Fsp3) is 0.571. The number of ketones is 1. The molecule has 0 bridgehead atoms. The molecule has 0 amide bonds. The normalized spacial score (nSPS) is 12.5. The number of rotatable bonds is 3. The lowest BCUT2D eigenvalue weighted by molar-refractivity contribution is -0.118. The average molecular weight is 181 g/mol. The van der Waals surface area contributed by atoms with Crippen LogP contribution in [0.15, 0.2) is 0 Å². The van der Waals surface area contributed by atoms with Crippen molar-refractivity contribution in [2.45, 2.75) is 26.3 Å². The average Bonchev–Trinajstić information content (AvgIpc) is 2.08. The molecule has 0 aliphatic heterocycles. The van der Waals surface area contributed by atoms with Crippen molar-refractivity contribution < 1.29 is 4.79 Å². The lowest BCUT2D eigenvalue weighted by Crippen LogP contribution is -2.31. The lowest BCUT2D eigenvalue weighted by atomic mass is 10.1. The standard InChI is InChI=1S/C7H11N5O/c1-4(13)6(8)3-7-11-9-5(2)10-12-7/h6H,3,8H2,1-2H3. The van der Waals surface area contributed by atoms with E-state index in [-0.39, 0.29) is 12.2 Å². The van der Waals surface area contributed by atoms with E-state index in [4.69, 9.17) is 5.73 Å². The minimum Gasteiger partial charge on any atom is -0.321 e. The second-order valence-corrected chi connectivity index (χ2v) is 2.78. The highest BCUT2D eigenvalue weighted by molar-refractivity contribution is 5.81. The minimum atomic E-state index is -0.564. The Balaban J connectivity index is 2.64. The van der Waals surface area contributed by atoms with E-state index in [2.05, 4.69) is 20.4 Å². The van der Waals surface area contributed by atoms with Gasteiger partial charge >= 0.3 is 0 Å². The van der Waals surface area contributed by atoms with Crippen LogP contribution in [0.5, 0.6) is 0 Å². The zero-order chi connectivity index (χ0) is 9.84. The Morgan fingerprint density at radius 3 is 2.38 bits per heavy atom. The number of nitrogens with zero attached hydrogens (tertiary/aromatic N) is 4. The lowest BCUT2D eigenvalue weighted by Gasteiger charge is -2.03. The van der Waals surface area contributed by atoms with Crippen LogP contribution in [-0.4, -0.2) is 32.2 Å². The molecule has 0 fully saturated rings. The summed E-state index contributed by atoms with van der Waals surface area (Å²) in [6.45, 7) is 3.12. The smallest absolute Gasteiger partial charge is 0.175 e. The molecular weight excluding hydrogens is 170 g/mol. The first-order valence-electron chi connectivity index (χ1n) is 3.88. The number of hydrogen-bond acceptors (Lipinski definition) is 6. The number of hydrogen-bond donors (Lipinski definition) is 1. The van der Waals surface area contributed by atoms with Crippen molar-refractivity contribution >= 4 is 5.78 Å². The molecule has 1 unspecified atom stereocenters. The number of aromatic nitrogens is 4. The molecule has 0 aromatic carbocycles. The molecule has 1 heterocycles. The van der Waals surface area contributed by atoms with Gasteiger partial charge in [-0.1, -0.05) is 0 Å². The van der Waals surface area contributed by atoms with Crippen molar-refractivity contribution in [1.82, 2.24) is 20.4 Å². The van der Waals surface area contributed by atoms with Crippen LogP contribution in [0.2, 0.25) is 0 Å². The molecule has 6 nitrogen and oxygen atoms in total. The van der Waals surface area contributed by atoms with Gasteiger partial charge in [0.2, 0.25) is 0 Å². The van der Waals surface area contributed by atoms with E-state index in [0.29, 0.717) is 11.6 Å². The highest BCUT2D eigenvalue weighted by Gasteiger charge is 2.11. The topological polar surface area (TPSA) is 94.7 Å². The molecule has 1 atom stereocenters. The van der Waals surface area contributed by atoms with Gasteiger partial charge in [0.15, 0.2) is 11.6 Å². The van der Waals surface area contributed by atoms with Crippen LogP contribution in [0.3, 0.4) is 0 Å². The van der Waals surface area contributed by atoms with Gasteiger partial charge in [0.25, 0.3) is 0 Å². The monoisotopic (exact) mass is 181 g/mol. The van der Waals surface area contributed by atoms with Gasteiger partial charge in [0.05, 0.1) is 6.04 Å². The summed E-state index contributed by atoms with van der Waals surface area (Å²) >= 11 is 0. The van der Waals surface area contributed by atoms with Gasteiger partial charge in [-0.2, -0.15) is 0 Å². The first-order chi connectivity index (χ1) is 6.09. The van der Waals surface area contributed by atoms with Gasteiger partial charge in [-0.25, -0.2) is 0 Å². The summed E-state index contributed by atoms with van der Waals surface area (Å²) < 4.78 is 0. The van der Waals surface area contributed by atoms with Crippen LogP contribution in [-0.2, 0) is 11.2 Å². The van der Waals surface area contributed by atoms with Gasteiger partial charge in [-0.05, 0) is 13.8 Å². The first kappa shape index (κ1) is 9.66. The Hall–Kier alpha value is -1.43. The fourth-order valence-electron chi connectivity index (χ4n) is 0.722. The fourth-order valence-corrected chi connectivity index (χ4v) is 0.722. The van der Waals surface area contributed by atoms with Gasteiger partial charge in [0, 0.05) is 6.42 Å². The van der Waals surface area contributed by atoms with E-state index in [1.807, 2.05) is 0 Å². The second-order valence-electron chi connectivity index (χ2n) is 2.78. The van der Waals surface area contributed by atoms with Crippen molar-refractivity contribution in [2.24, 2.45) is 5.73 Å². The van der Waals surface area contributed by atoms with Crippen LogP contribution in [0.1, 0.15) is 18.6 Å². The second kappa shape index (κ2) is 3.99. The third-order valence-corrected chi connectivity index (χ3v) is 1.54. The number of Topliss-reactive ketones (excluding diaryl/α,β-unsaturated/α-hetero) is 1. The molecule has 0 spiro atoms. The zero-order valence-electron chi connectivity index (χ0n) is 7.56. The number of nitrogens with two attached hydrogens (primary N) is 1. The van der Waals surface area contributed by atoms with E-state index in [1.165, 1.54) is 6.92 Å². The summed E-state index contributed by atoms with van der Waals surface area (Å²) in [5, 5.41) is 14.9. The third kappa shape index (κ3) is 2.83. The molecule has 70 valence electrons. The van der Waals surface area contributed by atoms with Crippen molar-refractivity contribution in [2.75, 3.05) is 0 Å². The van der Waals surface area contributed by atoms with Crippen LogP contribution < -0.4 is 5.73 Å². The molecule has 0 saturated heterocycles. The van der Waals surface area contributed by atoms with Gasteiger partial charge in [-0.15, -0.1) is 20.4 Å². The van der Waals surface area contributed by atoms with Crippen LogP contribution in [0.4, 0.5) is 0 Å². The van der Waals surface area contributed by atoms with E-state index in [9.17, 15) is 4.79 Å². The predicted octanol–water partition coefficient (Wildman–Crippen LogP) is -0.966. The van der Waals surface area contributed by atoms with Crippen molar-refractivity contribution in [3.63, 3.8) is 0 Å². The Kier molecular flexibility index (Phi) is 2.97. The van der Waals surface area contributed by atoms with E-state index in [1.54, 1.807) is 6.92 Å². The Morgan fingerprint density at radius 2 is 1.92 bits per heavy atom. The van der Waals surface area contributed by atoms with Crippen LogP contribution >= 0.6 is 0 Å². The molecule has 0 saturated carbocycles. The Bertz CT molecular complexity index is 296. The highest BCUT2D eigenvalue weighted by Crippen LogP contribution is 1.92. The quantitative estimate of drug-likeness (QED) is 0.645. The van der Waals surface area contributed by atoms with Gasteiger partial charge in [0.1, 0.15) is 5.78 Å². The summed E-state index contributed by atoms with van der Waals surface area (Å²) in [6.07, 6.45) is 0.287. The van der Waals surface area contributed by atoms with Gasteiger partial charge < -0.3 is 5.73 Å². The van der Waals surface area contributed by atoms with Gasteiger partial charge in [-0.3, -0.25) is 4.79 Å². The number of carbonyl (C=O) groups is 1. The molecular formula is C7H11N5O. The molecule has 13 heavy (non-hydrogen) atoms.